The van der Waals surface area contributed by atoms with E-state index in [1.165, 1.54) is 0 Å². The molecule has 0 spiro atoms. The van der Waals surface area contributed by atoms with Crippen molar-refractivity contribution in [3.63, 3.8) is 0 Å². The molecule has 0 amide bonds. The quantitative estimate of drug-likeness (QED) is 0.864. The van der Waals surface area contributed by atoms with E-state index in [1.807, 2.05) is 6.07 Å². The highest BCUT2D eigenvalue weighted by Crippen LogP contribution is 2.18. The van der Waals surface area contributed by atoms with Crippen molar-refractivity contribution in [3.8, 4) is 5.75 Å². The van der Waals surface area contributed by atoms with E-state index in [1.54, 1.807) is 24.7 Å². The summed E-state index contributed by atoms with van der Waals surface area (Å²) >= 11 is 8.98. The number of furan rings is 1. The zero-order valence-corrected chi connectivity index (χ0v) is 9.96. The molecule has 0 aromatic carbocycles. The molecule has 0 unspecified atom stereocenters. The zero-order valence-electron chi connectivity index (χ0n) is 7.61. The Morgan fingerprint density at radius 2 is 2.27 bits per heavy atom. The van der Waals surface area contributed by atoms with Crippen molar-refractivity contribution in [2.24, 2.45) is 0 Å². The lowest BCUT2D eigenvalue weighted by Crippen LogP contribution is -1.93. The maximum Gasteiger partial charge on any atom is 0.169 e. The van der Waals surface area contributed by atoms with Gasteiger partial charge >= 0.3 is 0 Å². The predicted molar refractivity (Wildman–Crippen MR) is 60.0 cm³/mol. The van der Waals surface area contributed by atoms with E-state index in [2.05, 4.69) is 20.9 Å². The largest absolute Gasteiger partial charge is 0.487 e. The van der Waals surface area contributed by atoms with E-state index in [4.69, 9.17) is 20.8 Å². The number of hydrogen-bond donors (Lipinski definition) is 0. The highest BCUT2D eigenvalue weighted by molar-refractivity contribution is 9.10. The molecular formula is C10H7BrClNO2. The van der Waals surface area contributed by atoms with E-state index in [0.717, 1.165) is 5.56 Å². The van der Waals surface area contributed by atoms with Crippen LogP contribution in [0.2, 0.25) is 5.02 Å². The SMILES string of the molecule is Clc1cncc(OCc2coc(Br)c2)c1. The van der Waals surface area contributed by atoms with Gasteiger partial charge in [0, 0.05) is 17.8 Å². The number of halogens is 2. The first-order valence-electron chi connectivity index (χ1n) is 4.20. The Kier molecular flexibility index (Phi) is 3.28. The summed E-state index contributed by atoms with van der Waals surface area (Å²) < 4.78 is 11.2. The van der Waals surface area contributed by atoms with Gasteiger partial charge in [0.1, 0.15) is 12.4 Å². The first kappa shape index (κ1) is 10.5. The smallest absolute Gasteiger partial charge is 0.169 e. The van der Waals surface area contributed by atoms with Gasteiger partial charge in [-0.1, -0.05) is 11.6 Å². The van der Waals surface area contributed by atoms with Crippen LogP contribution in [-0.4, -0.2) is 4.98 Å². The van der Waals surface area contributed by atoms with Crippen molar-refractivity contribution in [1.29, 1.82) is 0 Å². The average Bonchev–Trinajstić information content (AvgIpc) is 2.62. The van der Waals surface area contributed by atoms with Crippen LogP contribution in [0.5, 0.6) is 5.75 Å². The third-order valence-electron chi connectivity index (χ3n) is 1.71. The summed E-state index contributed by atoms with van der Waals surface area (Å²) in [5.41, 5.74) is 0.946. The summed E-state index contributed by atoms with van der Waals surface area (Å²) in [6.45, 7) is 0.428. The Labute approximate surface area is 100 Å². The Morgan fingerprint density at radius 1 is 1.40 bits per heavy atom. The molecular weight excluding hydrogens is 281 g/mol. The standard InChI is InChI=1S/C10H7BrClNO2/c11-10-1-7(6-15-10)5-14-9-2-8(12)3-13-4-9/h1-4,6H,5H2. The summed E-state index contributed by atoms with van der Waals surface area (Å²) in [6.07, 6.45) is 4.80. The maximum absolute atomic E-state index is 5.76. The van der Waals surface area contributed by atoms with Crippen molar-refractivity contribution in [3.05, 3.63) is 46.0 Å². The highest BCUT2D eigenvalue weighted by atomic mass is 79.9. The van der Waals surface area contributed by atoms with Gasteiger partial charge in [-0.3, -0.25) is 4.98 Å². The fourth-order valence-corrected chi connectivity index (χ4v) is 1.61. The van der Waals surface area contributed by atoms with E-state index < -0.39 is 0 Å². The van der Waals surface area contributed by atoms with Crippen LogP contribution in [0.1, 0.15) is 5.56 Å². The van der Waals surface area contributed by atoms with Crippen molar-refractivity contribution in [2.45, 2.75) is 6.61 Å². The molecule has 0 radical (unpaired) electrons. The third kappa shape index (κ3) is 2.97. The van der Waals surface area contributed by atoms with Gasteiger partial charge in [0.05, 0.1) is 17.5 Å². The van der Waals surface area contributed by atoms with Crippen LogP contribution in [0.3, 0.4) is 0 Å². The third-order valence-corrected chi connectivity index (χ3v) is 2.33. The minimum Gasteiger partial charge on any atom is -0.487 e. The second kappa shape index (κ2) is 4.68. The zero-order chi connectivity index (χ0) is 10.7. The van der Waals surface area contributed by atoms with E-state index in [-0.39, 0.29) is 0 Å². The molecule has 2 rings (SSSR count). The van der Waals surface area contributed by atoms with Crippen LogP contribution in [0.15, 0.2) is 39.9 Å². The minimum absolute atomic E-state index is 0.428. The first-order valence-corrected chi connectivity index (χ1v) is 5.37. The second-order valence-corrected chi connectivity index (χ2v) is 4.10. The van der Waals surface area contributed by atoms with E-state index >= 15 is 0 Å². The lowest BCUT2D eigenvalue weighted by molar-refractivity contribution is 0.303. The highest BCUT2D eigenvalue weighted by Gasteiger charge is 2.00. The molecule has 2 aromatic rings. The Balaban J connectivity index is 1.99. The molecule has 2 aromatic heterocycles. The lowest BCUT2D eigenvalue weighted by Gasteiger charge is -2.03. The molecule has 3 nitrogen and oxygen atoms in total. The van der Waals surface area contributed by atoms with E-state index in [9.17, 15) is 0 Å². The monoisotopic (exact) mass is 287 g/mol. The van der Waals surface area contributed by atoms with Crippen molar-refractivity contribution >= 4 is 27.5 Å². The maximum atomic E-state index is 5.76. The number of ether oxygens (including phenoxy) is 1. The topological polar surface area (TPSA) is 35.3 Å². The van der Waals surface area contributed by atoms with E-state index in [0.29, 0.717) is 22.0 Å². The van der Waals surface area contributed by atoms with Gasteiger partial charge < -0.3 is 9.15 Å². The van der Waals surface area contributed by atoms with Crippen LogP contribution in [0.4, 0.5) is 0 Å². The summed E-state index contributed by atoms with van der Waals surface area (Å²) in [7, 11) is 0. The Hall–Kier alpha value is -1.00. The number of aromatic nitrogens is 1. The molecule has 0 aliphatic rings. The number of nitrogens with zero attached hydrogens (tertiary/aromatic N) is 1. The molecule has 0 aliphatic carbocycles. The van der Waals surface area contributed by atoms with Gasteiger partial charge in [0.2, 0.25) is 0 Å². The van der Waals surface area contributed by atoms with Crippen LogP contribution >= 0.6 is 27.5 Å². The second-order valence-electron chi connectivity index (χ2n) is 2.89. The molecule has 78 valence electrons. The number of rotatable bonds is 3. The van der Waals surface area contributed by atoms with Crippen molar-refractivity contribution in [2.75, 3.05) is 0 Å². The van der Waals surface area contributed by atoms with Crippen LogP contribution < -0.4 is 4.74 Å². The predicted octanol–water partition coefficient (Wildman–Crippen LogP) is 3.67. The molecule has 0 fully saturated rings. The number of pyridine rings is 1. The fourth-order valence-electron chi connectivity index (χ4n) is 1.06. The summed E-state index contributed by atoms with van der Waals surface area (Å²) in [5.74, 6) is 0.639. The molecule has 0 bridgehead atoms. The van der Waals surface area contributed by atoms with Crippen molar-refractivity contribution in [1.82, 2.24) is 4.98 Å². The minimum atomic E-state index is 0.428. The van der Waals surface area contributed by atoms with Crippen molar-refractivity contribution < 1.29 is 9.15 Å². The Morgan fingerprint density at radius 3 is 2.93 bits per heavy atom. The van der Waals surface area contributed by atoms with Crippen LogP contribution in [0.25, 0.3) is 0 Å². The summed E-state index contributed by atoms with van der Waals surface area (Å²) in [5, 5.41) is 0.556. The van der Waals surface area contributed by atoms with Gasteiger partial charge in [-0.2, -0.15) is 0 Å². The van der Waals surface area contributed by atoms with Crippen LogP contribution in [-0.2, 0) is 6.61 Å². The van der Waals surface area contributed by atoms with Gasteiger partial charge in [-0.05, 0) is 22.0 Å². The van der Waals surface area contributed by atoms with Gasteiger partial charge in [-0.25, -0.2) is 0 Å². The van der Waals surface area contributed by atoms with Gasteiger partial charge in [0.25, 0.3) is 0 Å². The first-order chi connectivity index (χ1) is 7.24. The van der Waals surface area contributed by atoms with Crippen LogP contribution in [0, 0.1) is 0 Å². The summed E-state index contributed by atoms with van der Waals surface area (Å²) in [6, 6.07) is 3.56. The number of hydrogen-bond acceptors (Lipinski definition) is 3. The molecule has 15 heavy (non-hydrogen) atoms. The normalized spacial score (nSPS) is 10.3. The molecule has 0 atom stereocenters. The molecule has 0 aliphatic heterocycles. The van der Waals surface area contributed by atoms with Gasteiger partial charge in [0.15, 0.2) is 4.67 Å². The molecule has 0 saturated carbocycles. The average molecular weight is 289 g/mol. The fraction of sp³-hybridized carbons (Fsp3) is 0.100. The molecule has 0 N–H and O–H groups in total. The molecule has 0 saturated heterocycles. The Bertz CT molecular complexity index is 458. The summed E-state index contributed by atoms with van der Waals surface area (Å²) in [4.78, 5) is 3.91. The lowest BCUT2D eigenvalue weighted by atomic mass is 10.4. The molecule has 2 heterocycles. The molecule has 5 heteroatoms. The van der Waals surface area contributed by atoms with Gasteiger partial charge in [-0.15, -0.1) is 0 Å².